The van der Waals surface area contributed by atoms with E-state index in [1.165, 1.54) is 53.4 Å². The van der Waals surface area contributed by atoms with Gasteiger partial charge >= 0.3 is 0 Å². The molecule has 7 nitrogen and oxygen atoms in total. The topological polar surface area (TPSA) is 102 Å². The molecule has 2 bridgehead atoms. The lowest BCUT2D eigenvalue weighted by atomic mass is 9.84. The van der Waals surface area contributed by atoms with Crippen LogP contribution in [0.4, 0.5) is 13.2 Å². The van der Waals surface area contributed by atoms with Gasteiger partial charge in [-0.25, -0.2) is 21.6 Å². The zero-order valence-corrected chi connectivity index (χ0v) is 23.5. The van der Waals surface area contributed by atoms with Crippen LogP contribution in [-0.4, -0.2) is 37.4 Å². The van der Waals surface area contributed by atoms with Crippen molar-refractivity contribution in [2.75, 3.05) is 0 Å². The number of alkyl halides is 2. The number of piperidine rings is 1. The minimum absolute atomic E-state index is 0.132. The molecule has 3 N–H and O–H groups in total. The second-order valence-corrected chi connectivity index (χ2v) is 12.7. The summed E-state index contributed by atoms with van der Waals surface area (Å²) in [5.74, 6) is -8.23. The maximum atomic E-state index is 16.4. The number of benzene rings is 3. The number of nitrogens with zero attached hydrogens (tertiary/aromatic N) is 1. The second kappa shape index (κ2) is 11.2. The van der Waals surface area contributed by atoms with Gasteiger partial charge in [0.15, 0.2) is 5.75 Å². The van der Waals surface area contributed by atoms with Gasteiger partial charge in [-0.1, -0.05) is 46.3 Å². The van der Waals surface area contributed by atoms with Crippen molar-refractivity contribution >= 4 is 31.9 Å². The molecular weight excluding hydrogens is 611 g/mol. The second-order valence-electron chi connectivity index (χ2n) is 10.1. The van der Waals surface area contributed by atoms with E-state index >= 15 is 8.78 Å². The molecule has 0 unspecified atom stereocenters. The Balaban J connectivity index is 1.58. The fourth-order valence-corrected chi connectivity index (χ4v) is 6.71. The van der Waals surface area contributed by atoms with Gasteiger partial charge < -0.3 is 15.5 Å². The zero-order chi connectivity index (χ0) is 28.7. The molecule has 2 fully saturated rings. The Morgan fingerprint density at radius 2 is 1.65 bits per heavy atom. The summed E-state index contributed by atoms with van der Waals surface area (Å²) >= 11 is 3.23. The van der Waals surface area contributed by atoms with Gasteiger partial charge in [-0.05, 0) is 73.0 Å². The highest BCUT2D eigenvalue weighted by Gasteiger charge is 2.53. The van der Waals surface area contributed by atoms with E-state index < -0.39 is 50.5 Å². The summed E-state index contributed by atoms with van der Waals surface area (Å²) in [7, 11) is -4.23. The largest absolute Gasteiger partial charge is 0.393 e. The number of rotatable bonds is 8. The number of nitrogens with two attached hydrogens (primary N) is 1. The molecule has 3 aromatic carbocycles. The molecule has 40 heavy (non-hydrogen) atoms. The van der Waals surface area contributed by atoms with Gasteiger partial charge in [-0.2, -0.15) is 0 Å². The zero-order valence-electron chi connectivity index (χ0n) is 21.1. The highest BCUT2D eigenvalue weighted by atomic mass is 79.9. The van der Waals surface area contributed by atoms with Gasteiger partial charge in [0.2, 0.25) is 5.91 Å². The van der Waals surface area contributed by atoms with E-state index in [1.807, 2.05) is 4.89 Å². The minimum atomic E-state index is -4.23. The molecular formula is C28H27BrF3N3O4S. The summed E-state index contributed by atoms with van der Waals surface area (Å²) in [6.07, 6.45) is 2.21. The summed E-state index contributed by atoms with van der Waals surface area (Å²) in [6, 6.07) is 14.5. The van der Waals surface area contributed by atoms with Crippen molar-refractivity contribution in [3.8, 4) is 5.75 Å². The van der Waals surface area contributed by atoms with Crippen LogP contribution in [0.15, 0.2) is 82.2 Å². The van der Waals surface area contributed by atoms with Gasteiger partial charge in [-0.3, -0.25) is 4.79 Å². The summed E-state index contributed by atoms with van der Waals surface area (Å²) in [4.78, 5) is 22.7. The molecule has 12 heteroatoms. The predicted molar refractivity (Wildman–Crippen MR) is 145 cm³/mol. The van der Waals surface area contributed by atoms with Crippen LogP contribution >= 0.6 is 15.9 Å². The predicted octanol–water partition coefficient (Wildman–Crippen LogP) is 5.22. The first-order valence-corrected chi connectivity index (χ1v) is 15.0. The Labute approximate surface area is 238 Å². The van der Waals surface area contributed by atoms with E-state index in [0.717, 1.165) is 18.2 Å². The first-order valence-electron chi connectivity index (χ1n) is 12.7. The van der Waals surface area contributed by atoms with E-state index in [0.29, 0.717) is 30.2 Å². The van der Waals surface area contributed by atoms with Crippen molar-refractivity contribution in [3.05, 3.63) is 94.2 Å². The third-order valence-corrected chi connectivity index (χ3v) is 9.18. The van der Waals surface area contributed by atoms with Crippen molar-refractivity contribution in [1.82, 2.24) is 9.79 Å². The molecule has 2 aliphatic rings. The average molecular weight is 639 g/mol. The first kappa shape index (κ1) is 28.6. The van der Waals surface area contributed by atoms with Gasteiger partial charge in [0.05, 0.1) is 4.90 Å². The highest BCUT2D eigenvalue weighted by Crippen LogP contribution is 2.49. The van der Waals surface area contributed by atoms with Crippen LogP contribution in [0.5, 0.6) is 5.75 Å². The van der Waals surface area contributed by atoms with E-state index in [1.54, 1.807) is 6.07 Å². The SMILES string of the molecule is NC1C[C@@H]2CC[C@@H](C1)N2C(=O)[C@H](c1cc(F)ccc1ONS(=O)(=O)c1ccccc1)C(F)(F)c1ccc(Br)cc1. The Hall–Kier alpha value is -2.93. The lowest BCUT2D eigenvalue weighted by molar-refractivity contribution is -0.148. The van der Waals surface area contributed by atoms with Crippen LogP contribution in [0.3, 0.4) is 0 Å². The summed E-state index contributed by atoms with van der Waals surface area (Å²) in [6.45, 7) is 0. The van der Waals surface area contributed by atoms with Crippen molar-refractivity contribution in [2.45, 2.75) is 60.5 Å². The summed E-state index contributed by atoms with van der Waals surface area (Å²) < 4.78 is 73.6. The van der Waals surface area contributed by atoms with Crippen LogP contribution in [0.2, 0.25) is 0 Å². The van der Waals surface area contributed by atoms with Crippen molar-refractivity contribution < 1.29 is 31.2 Å². The Morgan fingerprint density at radius 3 is 2.27 bits per heavy atom. The van der Waals surface area contributed by atoms with Crippen LogP contribution in [0.1, 0.15) is 42.7 Å². The van der Waals surface area contributed by atoms with Crippen LogP contribution in [0.25, 0.3) is 0 Å². The number of amides is 1. The van der Waals surface area contributed by atoms with Crippen molar-refractivity contribution in [2.24, 2.45) is 5.73 Å². The fraction of sp³-hybridized carbons (Fsp3) is 0.321. The number of carbonyl (C=O) groups is 1. The Morgan fingerprint density at radius 1 is 1.02 bits per heavy atom. The number of fused-ring (bicyclic) bond motifs is 2. The molecule has 212 valence electrons. The van der Waals surface area contributed by atoms with Crippen molar-refractivity contribution in [3.63, 3.8) is 0 Å². The van der Waals surface area contributed by atoms with Crippen LogP contribution in [-0.2, 0) is 20.7 Å². The minimum Gasteiger partial charge on any atom is -0.393 e. The van der Waals surface area contributed by atoms with E-state index in [2.05, 4.69) is 15.9 Å². The molecule has 3 atom stereocenters. The molecule has 0 spiro atoms. The monoisotopic (exact) mass is 637 g/mol. The fourth-order valence-electron chi connectivity index (χ4n) is 5.64. The molecule has 0 aromatic heterocycles. The number of halogens is 4. The number of nitrogens with one attached hydrogen (secondary N) is 1. The molecule has 0 radical (unpaired) electrons. The van der Waals surface area contributed by atoms with Gasteiger partial charge in [0.1, 0.15) is 11.7 Å². The molecule has 0 saturated carbocycles. The molecule has 2 aliphatic heterocycles. The number of carbonyl (C=O) groups excluding carboxylic acids is 1. The van der Waals surface area contributed by atoms with Crippen LogP contribution < -0.4 is 15.5 Å². The Kier molecular flexibility index (Phi) is 7.97. The lowest BCUT2D eigenvalue weighted by Gasteiger charge is -2.41. The quantitative estimate of drug-likeness (QED) is 0.330. The molecule has 1 amide bonds. The smallest absolute Gasteiger partial charge is 0.288 e. The van der Waals surface area contributed by atoms with Gasteiger partial charge in [0, 0.05) is 33.7 Å². The maximum absolute atomic E-state index is 16.4. The van der Waals surface area contributed by atoms with E-state index in [9.17, 15) is 17.6 Å². The normalized spacial score (nSPS) is 21.7. The molecule has 2 saturated heterocycles. The van der Waals surface area contributed by atoms with Gasteiger partial charge in [-0.15, -0.1) is 0 Å². The van der Waals surface area contributed by atoms with Gasteiger partial charge in [0.25, 0.3) is 15.9 Å². The summed E-state index contributed by atoms with van der Waals surface area (Å²) in [5, 5.41) is 0. The molecule has 2 heterocycles. The van der Waals surface area contributed by atoms with E-state index in [-0.39, 0.29) is 23.0 Å². The molecule has 0 aliphatic carbocycles. The average Bonchev–Trinajstić information content (AvgIpc) is 3.19. The third kappa shape index (κ3) is 5.63. The summed E-state index contributed by atoms with van der Waals surface area (Å²) in [5.41, 5.74) is 5.20. The standard InChI is InChI=1S/C28H27BrF3N3O4S/c29-18-8-6-17(7-9-18)28(31,32)26(27(36)35-21-11-12-22(35)16-20(33)15-21)24-14-19(30)10-13-25(24)39-34-40(37,38)23-4-2-1-3-5-23/h1-10,13-14,20-22,26,34H,11-12,15-16,33H2/t21-,22-,26-/m0/s1. The molecule has 3 aromatic rings. The Bertz CT molecular complexity index is 1480. The van der Waals surface area contributed by atoms with Crippen LogP contribution in [0, 0.1) is 5.82 Å². The van der Waals surface area contributed by atoms with E-state index in [4.69, 9.17) is 10.6 Å². The molecule has 5 rings (SSSR count). The number of hydrogen-bond donors (Lipinski definition) is 2. The number of hydrogen-bond acceptors (Lipinski definition) is 5. The number of sulfonamides is 1. The third-order valence-electron chi connectivity index (χ3n) is 7.46. The first-order chi connectivity index (χ1) is 19.0. The maximum Gasteiger partial charge on any atom is 0.288 e. The lowest BCUT2D eigenvalue weighted by Crippen LogP contribution is -2.53. The highest BCUT2D eigenvalue weighted by molar-refractivity contribution is 9.10. The van der Waals surface area contributed by atoms with Crippen molar-refractivity contribution in [1.29, 1.82) is 0 Å².